The third-order valence-corrected chi connectivity index (χ3v) is 4.11. The summed E-state index contributed by atoms with van der Waals surface area (Å²) in [5, 5.41) is 2.78. The Morgan fingerprint density at radius 1 is 1.19 bits per heavy atom. The van der Waals surface area contributed by atoms with Gasteiger partial charge in [-0.25, -0.2) is 4.79 Å². The first-order valence-electron chi connectivity index (χ1n) is 7.11. The van der Waals surface area contributed by atoms with Crippen molar-refractivity contribution in [3.8, 4) is 0 Å². The highest BCUT2D eigenvalue weighted by Crippen LogP contribution is 2.18. The molecule has 1 aromatic carbocycles. The van der Waals surface area contributed by atoms with Gasteiger partial charge in [-0.1, -0.05) is 22.0 Å². The number of urea groups is 1. The molecule has 6 heteroatoms. The molecule has 21 heavy (non-hydrogen) atoms. The minimum absolute atomic E-state index is 0.0318. The predicted molar refractivity (Wildman–Crippen MR) is 85.4 cm³/mol. The Kier molecular flexibility index (Phi) is 5.22. The van der Waals surface area contributed by atoms with Crippen molar-refractivity contribution in [2.75, 3.05) is 32.7 Å². The van der Waals surface area contributed by atoms with Gasteiger partial charge in [0.05, 0.1) is 0 Å². The van der Waals surface area contributed by atoms with E-state index in [0.717, 1.165) is 15.6 Å². The van der Waals surface area contributed by atoms with Crippen molar-refractivity contribution < 1.29 is 9.59 Å². The third-order valence-electron chi connectivity index (χ3n) is 3.61. The van der Waals surface area contributed by atoms with E-state index in [-0.39, 0.29) is 11.9 Å². The Labute approximate surface area is 133 Å². The van der Waals surface area contributed by atoms with Crippen LogP contribution in [0.4, 0.5) is 4.79 Å². The number of amides is 3. The highest BCUT2D eigenvalue weighted by Gasteiger charge is 2.25. The van der Waals surface area contributed by atoms with Crippen LogP contribution in [-0.4, -0.2) is 54.5 Å². The fourth-order valence-electron chi connectivity index (χ4n) is 2.37. The number of nitrogens with one attached hydrogen (secondary N) is 1. The number of halogens is 1. The zero-order chi connectivity index (χ0) is 15.4. The molecule has 1 aliphatic heterocycles. The van der Waals surface area contributed by atoms with Crippen molar-refractivity contribution in [2.24, 2.45) is 0 Å². The van der Waals surface area contributed by atoms with Gasteiger partial charge in [0.25, 0.3) is 5.91 Å². The predicted octanol–water partition coefficient (Wildman–Crippen LogP) is 2.24. The number of benzene rings is 1. The van der Waals surface area contributed by atoms with Gasteiger partial charge in [0, 0.05) is 42.8 Å². The van der Waals surface area contributed by atoms with Gasteiger partial charge in [0.1, 0.15) is 0 Å². The molecule has 0 aromatic heterocycles. The summed E-state index contributed by atoms with van der Waals surface area (Å²) in [6.07, 6.45) is 0. The van der Waals surface area contributed by atoms with E-state index in [1.54, 1.807) is 4.90 Å². The van der Waals surface area contributed by atoms with Crippen molar-refractivity contribution in [1.82, 2.24) is 15.1 Å². The van der Waals surface area contributed by atoms with Crippen LogP contribution in [0.25, 0.3) is 0 Å². The molecule has 114 valence electrons. The van der Waals surface area contributed by atoms with Gasteiger partial charge >= 0.3 is 6.03 Å². The summed E-state index contributed by atoms with van der Waals surface area (Å²) in [7, 11) is 0. The first-order valence-corrected chi connectivity index (χ1v) is 7.90. The number of carbonyl (C=O) groups excluding carboxylic acids is 2. The molecule has 1 fully saturated rings. The van der Waals surface area contributed by atoms with Crippen LogP contribution in [0.2, 0.25) is 0 Å². The average molecular weight is 354 g/mol. The molecule has 1 aromatic rings. The molecule has 1 heterocycles. The number of piperazine rings is 1. The molecule has 0 unspecified atom stereocenters. The molecule has 1 N–H and O–H groups in total. The standard InChI is InChI=1S/C15H20BrN3O2/c1-3-17-15(21)19-8-6-18(7-9-19)14(20)13-10-12(16)5-4-11(13)2/h4-5,10H,3,6-9H2,1-2H3,(H,17,21). The fourth-order valence-corrected chi connectivity index (χ4v) is 2.73. The van der Waals surface area contributed by atoms with Gasteiger partial charge < -0.3 is 15.1 Å². The molecular weight excluding hydrogens is 334 g/mol. The van der Waals surface area contributed by atoms with E-state index < -0.39 is 0 Å². The number of hydrogen-bond donors (Lipinski definition) is 1. The quantitative estimate of drug-likeness (QED) is 0.886. The van der Waals surface area contributed by atoms with Crippen molar-refractivity contribution in [2.45, 2.75) is 13.8 Å². The maximum Gasteiger partial charge on any atom is 0.317 e. The average Bonchev–Trinajstić information content (AvgIpc) is 2.49. The van der Waals surface area contributed by atoms with Gasteiger partial charge in [-0.2, -0.15) is 0 Å². The summed E-state index contributed by atoms with van der Waals surface area (Å²) in [6.45, 7) is 6.74. The number of carbonyl (C=O) groups is 2. The van der Waals surface area contributed by atoms with Gasteiger partial charge in [0.2, 0.25) is 0 Å². The van der Waals surface area contributed by atoms with Gasteiger partial charge in [0.15, 0.2) is 0 Å². The summed E-state index contributed by atoms with van der Waals surface area (Å²) < 4.78 is 0.900. The molecule has 2 rings (SSSR count). The maximum absolute atomic E-state index is 12.6. The highest BCUT2D eigenvalue weighted by molar-refractivity contribution is 9.10. The summed E-state index contributed by atoms with van der Waals surface area (Å²) in [6, 6.07) is 5.66. The lowest BCUT2D eigenvalue weighted by Gasteiger charge is -2.35. The molecule has 1 saturated heterocycles. The van der Waals surface area contributed by atoms with Gasteiger partial charge in [-0.05, 0) is 31.5 Å². The molecule has 5 nitrogen and oxygen atoms in total. The van der Waals surface area contributed by atoms with Gasteiger partial charge in [-0.15, -0.1) is 0 Å². The number of aryl methyl sites for hydroxylation is 1. The van der Waals surface area contributed by atoms with Crippen LogP contribution in [0.1, 0.15) is 22.8 Å². The second-order valence-corrected chi connectivity index (χ2v) is 5.99. The first kappa shape index (κ1) is 15.8. The highest BCUT2D eigenvalue weighted by atomic mass is 79.9. The van der Waals surface area contributed by atoms with Crippen LogP contribution >= 0.6 is 15.9 Å². The number of rotatable bonds is 2. The smallest absolute Gasteiger partial charge is 0.317 e. The molecular formula is C15H20BrN3O2. The molecule has 0 atom stereocenters. The molecule has 0 bridgehead atoms. The van der Waals surface area contributed by atoms with Crippen LogP contribution < -0.4 is 5.32 Å². The Hall–Kier alpha value is -1.56. The lowest BCUT2D eigenvalue weighted by molar-refractivity contribution is 0.0664. The van der Waals surface area contributed by atoms with E-state index in [2.05, 4.69) is 21.2 Å². The number of hydrogen-bond acceptors (Lipinski definition) is 2. The summed E-state index contributed by atoms with van der Waals surface area (Å²) in [5.74, 6) is 0.0318. The molecule has 0 spiro atoms. The van der Waals surface area contributed by atoms with Crippen LogP contribution in [0, 0.1) is 6.92 Å². The lowest BCUT2D eigenvalue weighted by atomic mass is 10.1. The second-order valence-electron chi connectivity index (χ2n) is 5.07. The maximum atomic E-state index is 12.6. The normalized spacial score (nSPS) is 15.0. The Bertz CT molecular complexity index is 540. The summed E-state index contributed by atoms with van der Waals surface area (Å²) in [4.78, 5) is 27.9. The lowest BCUT2D eigenvalue weighted by Crippen LogP contribution is -2.53. The fraction of sp³-hybridized carbons (Fsp3) is 0.467. The molecule has 1 aliphatic rings. The summed E-state index contributed by atoms with van der Waals surface area (Å²) in [5.41, 5.74) is 1.69. The zero-order valence-corrected chi connectivity index (χ0v) is 13.9. The van der Waals surface area contributed by atoms with Crippen LogP contribution in [0.15, 0.2) is 22.7 Å². The molecule has 3 amide bonds. The monoisotopic (exact) mass is 353 g/mol. The minimum Gasteiger partial charge on any atom is -0.338 e. The van der Waals surface area contributed by atoms with Crippen molar-refractivity contribution in [1.29, 1.82) is 0 Å². The molecule has 0 saturated carbocycles. The largest absolute Gasteiger partial charge is 0.338 e. The third kappa shape index (κ3) is 3.75. The Balaban J connectivity index is 2.00. The Morgan fingerprint density at radius 3 is 2.43 bits per heavy atom. The molecule has 0 aliphatic carbocycles. The van der Waals surface area contributed by atoms with Crippen molar-refractivity contribution in [3.63, 3.8) is 0 Å². The van der Waals surface area contributed by atoms with Crippen molar-refractivity contribution >= 4 is 27.9 Å². The second kappa shape index (κ2) is 6.93. The van der Waals surface area contributed by atoms with Crippen LogP contribution in [0.3, 0.4) is 0 Å². The van der Waals surface area contributed by atoms with E-state index in [1.165, 1.54) is 0 Å². The Morgan fingerprint density at radius 2 is 1.81 bits per heavy atom. The van der Waals surface area contributed by atoms with Crippen LogP contribution in [0.5, 0.6) is 0 Å². The van der Waals surface area contributed by atoms with E-state index >= 15 is 0 Å². The van der Waals surface area contributed by atoms with Crippen molar-refractivity contribution in [3.05, 3.63) is 33.8 Å². The molecule has 0 radical (unpaired) electrons. The van der Waals surface area contributed by atoms with E-state index in [1.807, 2.05) is 36.9 Å². The minimum atomic E-state index is -0.0526. The van der Waals surface area contributed by atoms with E-state index in [0.29, 0.717) is 32.7 Å². The zero-order valence-electron chi connectivity index (χ0n) is 12.4. The number of nitrogens with zero attached hydrogens (tertiary/aromatic N) is 2. The van der Waals surface area contributed by atoms with E-state index in [4.69, 9.17) is 0 Å². The first-order chi connectivity index (χ1) is 10.0. The topological polar surface area (TPSA) is 52.7 Å². The van der Waals surface area contributed by atoms with Gasteiger partial charge in [-0.3, -0.25) is 4.79 Å². The SMILES string of the molecule is CCNC(=O)N1CCN(C(=O)c2cc(Br)ccc2C)CC1. The van der Waals surface area contributed by atoms with E-state index in [9.17, 15) is 9.59 Å². The summed E-state index contributed by atoms with van der Waals surface area (Å²) >= 11 is 3.40. The van der Waals surface area contributed by atoms with Crippen LogP contribution in [-0.2, 0) is 0 Å².